The molecule has 2 aromatic carbocycles. The number of alkyl halides is 3. The predicted octanol–water partition coefficient (Wildman–Crippen LogP) is 5.15. The highest BCUT2D eigenvalue weighted by atomic mass is 19.4. The number of benzene rings is 2. The van der Waals surface area contributed by atoms with E-state index in [1.54, 1.807) is 13.0 Å². The molecule has 7 heteroatoms. The summed E-state index contributed by atoms with van der Waals surface area (Å²) in [7, 11) is 0. The van der Waals surface area contributed by atoms with Crippen molar-refractivity contribution in [3.05, 3.63) is 71.2 Å². The predicted molar refractivity (Wildman–Crippen MR) is 89.1 cm³/mol. The van der Waals surface area contributed by atoms with Crippen molar-refractivity contribution in [1.29, 1.82) is 0 Å². The highest BCUT2D eigenvalue weighted by molar-refractivity contribution is 5.92. The molecule has 1 N–H and O–H groups in total. The van der Waals surface area contributed by atoms with Crippen LogP contribution in [0, 0.1) is 12.7 Å². The number of hydrogen-bond donors (Lipinski definition) is 1. The molecule has 1 aromatic heterocycles. The average Bonchev–Trinajstić information content (AvgIpc) is 2.55. The zero-order chi connectivity index (χ0) is 18.0. The van der Waals surface area contributed by atoms with E-state index < -0.39 is 11.7 Å². The number of aryl methyl sites for hydroxylation is 1. The molecule has 0 atom stereocenters. The number of hydrogen-bond acceptors (Lipinski definition) is 3. The Kier molecular flexibility index (Phi) is 4.39. The fourth-order valence-corrected chi connectivity index (χ4v) is 2.35. The van der Waals surface area contributed by atoms with Gasteiger partial charge in [-0.15, -0.1) is 0 Å². The molecule has 0 bridgehead atoms. The van der Waals surface area contributed by atoms with Crippen molar-refractivity contribution in [3.8, 4) is 0 Å². The van der Waals surface area contributed by atoms with E-state index in [0.29, 0.717) is 27.8 Å². The third kappa shape index (κ3) is 3.93. The van der Waals surface area contributed by atoms with Gasteiger partial charge in [-0.2, -0.15) is 18.3 Å². The third-order valence-electron chi connectivity index (χ3n) is 3.53. The Bertz CT molecular complexity index is 931. The van der Waals surface area contributed by atoms with E-state index >= 15 is 0 Å². The highest BCUT2D eigenvalue weighted by Crippen LogP contribution is 2.33. The summed E-state index contributed by atoms with van der Waals surface area (Å²) in [4.78, 5) is 4.23. The molecule has 0 spiro atoms. The van der Waals surface area contributed by atoms with Gasteiger partial charge < -0.3 is 0 Å². The summed E-state index contributed by atoms with van der Waals surface area (Å²) in [5, 5.41) is 4.33. The number of nitrogens with one attached hydrogen (secondary N) is 1. The molecule has 128 valence electrons. The van der Waals surface area contributed by atoms with Crippen LogP contribution in [0.1, 0.15) is 16.8 Å². The summed E-state index contributed by atoms with van der Waals surface area (Å²) in [5.41, 5.74) is 4.13. The number of pyridine rings is 1. The normalized spacial score (nSPS) is 12.0. The number of halogens is 4. The Balaban J connectivity index is 1.95. The first-order valence-electron chi connectivity index (χ1n) is 7.36. The van der Waals surface area contributed by atoms with Crippen LogP contribution >= 0.6 is 0 Å². The molecule has 0 unspecified atom stereocenters. The molecular formula is C18H13F4N3. The number of nitrogens with zero attached hydrogens (tertiary/aromatic N) is 2. The Morgan fingerprint density at radius 2 is 1.76 bits per heavy atom. The smallest absolute Gasteiger partial charge is 0.278 e. The lowest BCUT2D eigenvalue weighted by molar-refractivity contribution is -0.137. The number of hydrazone groups is 1. The van der Waals surface area contributed by atoms with Gasteiger partial charge in [0, 0.05) is 11.1 Å². The molecule has 0 fully saturated rings. The van der Waals surface area contributed by atoms with Gasteiger partial charge in [0.25, 0.3) is 0 Å². The minimum atomic E-state index is -4.44. The minimum Gasteiger partial charge on any atom is -0.278 e. The van der Waals surface area contributed by atoms with E-state index in [1.807, 2.05) is 0 Å². The summed E-state index contributed by atoms with van der Waals surface area (Å²) in [6.07, 6.45) is -2.98. The Morgan fingerprint density at radius 1 is 1.04 bits per heavy atom. The second kappa shape index (κ2) is 6.51. The first-order valence-corrected chi connectivity index (χ1v) is 7.36. The lowest BCUT2D eigenvalue weighted by Crippen LogP contribution is -2.05. The largest absolute Gasteiger partial charge is 0.416 e. The van der Waals surface area contributed by atoms with E-state index in [-0.39, 0.29) is 5.82 Å². The van der Waals surface area contributed by atoms with Crippen molar-refractivity contribution < 1.29 is 17.6 Å². The topological polar surface area (TPSA) is 37.3 Å². The molecule has 0 radical (unpaired) electrons. The van der Waals surface area contributed by atoms with Gasteiger partial charge in [0.15, 0.2) is 0 Å². The van der Waals surface area contributed by atoms with Crippen LogP contribution in [-0.2, 0) is 6.18 Å². The summed E-state index contributed by atoms with van der Waals surface area (Å²) >= 11 is 0. The molecule has 0 amide bonds. The van der Waals surface area contributed by atoms with Gasteiger partial charge in [-0.05, 0) is 48.9 Å². The SMILES string of the molecule is Cc1cc(N/N=C/c2ccc(F)cc2)c2cc(C(F)(F)F)ccc2n1. The zero-order valence-corrected chi connectivity index (χ0v) is 13.1. The molecule has 0 saturated heterocycles. The van der Waals surface area contributed by atoms with Crippen molar-refractivity contribution in [2.75, 3.05) is 5.43 Å². The molecule has 3 rings (SSSR count). The molecule has 0 aliphatic heterocycles. The zero-order valence-electron chi connectivity index (χ0n) is 13.1. The lowest BCUT2D eigenvalue weighted by Gasteiger charge is -2.11. The Morgan fingerprint density at radius 3 is 2.44 bits per heavy atom. The van der Waals surface area contributed by atoms with Crippen LogP contribution in [-0.4, -0.2) is 11.2 Å². The summed E-state index contributed by atoms with van der Waals surface area (Å²) in [5.74, 6) is -0.361. The van der Waals surface area contributed by atoms with Crippen molar-refractivity contribution in [2.24, 2.45) is 5.10 Å². The van der Waals surface area contributed by atoms with Crippen molar-refractivity contribution >= 4 is 22.8 Å². The van der Waals surface area contributed by atoms with E-state index in [4.69, 9.17) is 0 Å². The molecule has 3 nitrogen and oxygen atoms in total. The molecular weight excluding hydrogens is 334 g/mol. The second-order valence-corrected chi connectivity index (χ2v) is 5.46. The van der Waals surface area contributed by atoms with Crippen LogP contribution in [0.5, 0.6) is 0 Å². The summed E-state index contributed by atoms with van der Waals surface area (Å²) < 4.78 is 51.7. The monoisotopic (exact) mass is 347 g/mol. The van der Waals surface area contributed by atoms with Crippen LogP contribution in [0.3, 0.4) is 0 Å². The maximum atomic E-state index is 12.9. The molecule has 25 heavy (non-hydrogen) atoms. The highest BCUT2D eigenvalue weighted by Gasteiger charge is 2.30. The van der Waals surface area contributed by atoms with Gasteiger partial charge in [0.2, 0.25) is 0 Å². The maximum Gasteiger partial charge on any atom is 0.416 e. The van der Waals surface area contributed by atoms with E-state index in [9.17, 15) is 17.6 Å². The average molecular weight is 347 g/mol. The summed E-state index contributed by atoms with van der Waals surface area (Å²) in [6.45, 7) is 1.74. The van der Waals surface area contributed by atoms with Crippen LogP contribution in [0.4, 0.5) is 23.2 Å². The number of anilines is 1. The molecule has 0 aliphatic rings. The van der Waals surface area contributed by atoms with Gasteiger partial charge in [-0.1, -0.05) is 12.1 Å². The Labute approximate surface area is 141 Å². The lowest BCUT2D eigenvalue weighted by atomic mass is 10.1. The number of aromatic nitrogens is 1. The molecule has 0 aliphatic carbocycles. The first-order chi connectivity index (χ1) is 11.8. The standard InChI is InChI=1S/C18H13F4N3/c1-11-8-17(25-23-10-12-2-5-14(19)6-3-12)15-9-13(18(20,21)22)4-7-16(15)24-11/h2-10H,1H3,(H,24,25)/b23-10+. The van der Waals surface area contributed by atoms with Crippen LogP contribution in [0.15, 0.2) is 53.6 Å². The van der Waals surface area contributed by atoms with E-state index in [0.717, 1.165) is 12.1 Å². The number of fused-ring (bicyclic) bond motifs is 1. The van der Waals surface area contributed by atoms with E-state index in [2.05, 4.69) is 15.5 Å². The molecule has 3 aromatic rings. The van der Waals surface area contributed by atoms with Gasteiger partial charge in [-0.3, -0.25) is 10.4 Å². The third-order valence-corrected chi connectivity index (χ3v) is 3.53. The van der Waals surface area contributed by atoms with Crippen molar-refractivity contribution in [3.63, 3.8) is 0 Å². The van der Waals surface area contributed by atoms with Gasteiger partial charge in [0.1, 0.15) is 5.82 Å². The molecule has 0 saturated carbocycles. The van der Waals surface area contributed by atoms with Crippen LogP contribution < -0.4 is 5.43 Å². The fourth-order valence-electron chi connectivity index (χ4n) is 2.35. The van der Waals surface area contributed by atoms with Crippen molar-refractivity contribution in [1.82, 2.24) is 4.98 Å². The van der Waals surface area contributed by atoms with Gasteiger partial charge in [-0.25, -0.2) is 4.39 Å². The Hall–Kier alpha value is -2.96. The van der Waals surface area contributed by atoms with Gasteiger partial charge in [0.05, 0.1) is 23.0 Å². The first kappa shape index (κ1) is 16.9. The van der Waals surface area contributed by atoms with Gasteiger partial charge >= 0.3 is 6.18 Å². The maximum absolute atomic E-state index is 12.9. The van der Waals surface area contributed by atoms with E-state index in [1.165, 1.54) is 36.5 Å². The fraction of sp³-hybridized carbons (Fsp3) is 0.111. The summed E-state index contributed by atoms with van der Waals surface area (Å²) in [6, 6.07) is 10.7. The minimum absolute atomic E-state index is 0.316. The molecule has 1 heterocycles. The van der Waals surface area contributed by atoms with Crippen LogP contribution in [0.2, 0.25) is 0 Å². The number of rotatable bonds is 3. The van der Waals surface area contributed by atoms with Crippen molar-refractivity contribution in [2.45, 2.75) is 13.1 Å². The second-order valence-electron chi connectivity index (χ2n) is 5.46. The van der Waals surface area contributed by atoms with Crippen LogP contribution in [0.25, 0.3) is 10.9 Å². The quantitative estimate of drug-likeness (QED) is 0.404.